The van der Waals surface area contributed by atoms with Gasteiger partial charge in [0.2, 0.25) is 10.1 Å². The maximum Gasteiger partial charge on any atom is 0.272 e. The third-order valence-corrected chi connectivity index (χ3v) is 3.99. The van der Waals surface area contributed by atoms with Crippen molar-refractivity contribution in [3.8, 4) is 5.75 Å². The van der Waals surface area contributed by atoms with E-state index >= 15 is 0 Å². The van der Waals surface area contributed by atoms with Gasteiger partial charge in [0.1, 0.15) is 11.9 Å². The van der Waals surface area contributed by atoms with Crippen LogP contribution in [0, 0.1) is 17.0 Å². The Morgan fingerprint density at radius 3 is 2.18 bits per heavy atom. The van der Waals surface area contributed by atoms with E-state index in [-0.39, 0.29) is 17.0 Å². The van der Waals surface area contributed by atoms with Crippen LogP contribution in [0.1, 0.15) is 17.2 Å². The molecular formula is C11H7Cl6NO4. The fraction of sp³-hybridized carbons (Fsp3) is 0.455. The van der Waals surface area contributed by atoms with Crippen molar-refractivity contribution in [2.45, 2.75) is 26.9 Å². The van der Waals surface area contributed by atoms with Gasteiger partial charge in [-0.15, -0.1) is 0 Å². The van der Waals surface area contributed by atoms with Crippen LogP contribution in [0.15, 0.2) is 12.1 Å². The molecule has 0 saturated heterocycles. The van der Waals surface area contributed by atoms with E-state index in [0.29, 0.717) is 5.56 Å². The van der Waals surface area contributed by atoms with E-state index < -0.39 is 24.9 Å². The molecule has 1 aromatic rings. The summed E-state index contributed by atoms with van der Waals surface area (Å²) in [7, 11) is 0. The lowest BCUT2D eigenvalue weighted by atomic mass is 10.0. The van der Waals surface area contributed by atoms with Gasteiger partial charge in [0.15, 0.2) is 0 Å². The van der Waals surface area contributed by atoms with Gasteiger partial charge in [-0.05, 0) is 13.0 Å². The van der Waals surface area contributed by atoms with E-state index in [1.54, 1.807) is 0 Å². The summed E-state index contributed by atoms with van der Waals surface area (Å²) in [6.45, 7) is 1.53. The zero-order chi connectivity index (χ0) is 16.9. The van der Waals surface area contributed by atoms with Crippen molar-refractivity contribution in [2.75, 3.05) is 0 Å². The number of halogens is 6. The number of alkyl halides is 6. The SMILES string of the molecule is Cc1cc2c(cc1[N+](=O)[O-])[C@H](C(Cl)(Cl)Cl)O[C@H](C(Cl)(Cl)Cl)O2. The second-order valence-corrected chi connectivity index (χ2v) is 9.22. The molecule has 0 radical (unpaired) electrons. The lowest BCUT2D eigenvalue weighted by Crippen LogP contribution is -2.42. The highest BCUT2D eigenvalue weighted by Gasteiger charge is 2.48. The molecule has 2 rings (SSSR count). The Morgan fingerprint density at radius 1 is 1.14 bits per heavy atom. The van der Waals surface area contributed by atoms with Crippen LogP contribution in [0.2, 0.25) is 0 Å². The monoisotopic (exact) mass is 427 g/mol. The summed E-state index contributed by atoms with van der Waals surface area (Å²) in [6.07, 6.45) is -2.55. The second kappa shape index (κ2) is 6.20. The van der Waals surface area contributed by atoms with E-state index in [1.807, 2.05) is 0 Å². The molecule has 0 saturated carbocycles. The van der Waals surface area contributed by atoms with E-state index in [2.05, 4.69) is 0 Å². The van der Waals surface area contributed by atoms with E-state index in [9.17, 15) is 10.1 Å². The molecule has 1 aliphatic rings. The Morgan fingerprint density at radius 2 is 1.73 bits per heavy atom. The van der Waals surface area contributed by atoms with Crippen LogP contribution in [0.5, 0.6) is 5.75 Å². The molecule has 11 heteroatoms. The van der Waals surface area contributed by atoms with Gasteiger partial charge in [0.25, 0.3) is 9.48 Å². The molecular weight excluding hydrogens is 423 g/mol. The van der Waals surface area contributed by atoms with Gasteiger partial charge in [0, 0.05) is 17.2 Å². The molecule has 0 bridgehead atoms. The molecule has 0 N–H and O–H groups in total. The summed E-state index contributed by atoms with van der Waals surface area (Å²) >= 11 is 34.9. The van der Waals surface area contributed by atoms with Crippen LogP contribution in [-0.4, -0.2) is 18.8 Å². The molecule has 0 unspecified atom stereocenters. The largest absolute Gasteiger partial charge is 0.460 e. The van der Waals surface area contributed by atoms with E-state index in [4.69, 9.17) is 79.1 Å². The number of nitro benzene ring substituents is 1. The predicted molar refractivity (Wildman–Crippen MR) is 86.7 cm³/mol. The molecule has 122 valence electrons. The smallest absolute Gasteiger partial charge is 0.272 e. The lowest BCUT2D eigenvalue weighted by molar-refractivity contribution is -0.385. The number of benzene rings is 1. The molecule has 22 heavy (non-hydrogen) atoms. The maximum absolute atomic E-state index is 11.0. The standard InChI is InChI=1S/C11H7Cl6NO4/c1-4-2-7-5(3-6(4)18(19)20)8(10(12,13)14)22-9(21-7)11(15,16)17/h2-3,8-9H,1H3/t8-,9-/m1/s1. The minimum absolute atomic E-state index is 0.169. The summed E-state index contributed by atoms with van der Waals surface area (Å²) in [5, 5.41) is 11.0. The minimum atomic E-state index is -1.95. The molecule has 0 aromatic heterocycles. The lowest BCUT2D eigenvalue weighted by Gasteiger charge is -2.38. The topological polar surface area (TPSA) is 61.6 Å². The van der Waals surface area contributed by atoms with Crippen LogP contribution < -0.4 is 4.74 Å². The number of nitro groups is 1. The average molecular weight is 430 g/mol. The molecule has 1 aromatic carbocycles. The fourth-order valence-electron chi connectivity index (χ4n) is 1.93. The minimum Gasteiger partial charge on any atom is -0.460 e. The Kier molecular flexibility index (Phi) is 5.21. The van der Waals surface area contributed by atoms with Crippen LogP contribution in [0.4, 0.5) is 5.69 Å². The van der Waals surface area contributed by atoms with Gasteiger partial charge in [-0.1, -0.05) is 69.6 Å². The highest BCUT2D eigenvalue weighted by atomic mass is 35.6. The highest BCUT2D eigenvalue weighted by Crippen LogP contribution is 2.52. The molecule has 2 atom stereocenters. The number of hydrogen-bond acceptors (Lipinski definition) is 4. The first-order valence-corrected chi connectivity index (χ1v) is 7.92. The molecule has 1 heterocycles. The van der Waals surface area contributed by atoms with Gasteiger partial charge < -0.3 is 9.47 Å². The third kappa shape index (κ3) is 3.78. The van der Waals surface area contributed by atoms with Crippen molar-refractivity contribution in [2.24, 2.45) is 0 Å². The summed E-state index contributed by atoms with van der Waals surface area (Å²) in [5.41, 5.74) is 0.358. The molecule has 1 aliphatic heterocycles. The molecule has 0 aliphatic carbocycles. The zero-order valence-corrected chi connectivity index (χ0v) is 15.2. The predicted octanol–water partition coefficient (Wildman–Crippen LogP) is 5.42. The van der Waals surface area contributed by atoms with Crippen LogP contribution >= 0.6 is 69.6 Å². The average Bonchev–Trinajstić information content (AvgIpc) is 2.33. The Balaban J connectivity index is 2.59. The van der Waals surface area contributed by atoms with Crippen LogP contribution in [0.25, 0.3) is 0 Å². The summed E-state index contributed by atoms with van der Waals surface area (Å²) in [6, 6.07) is 2.62. The van der Waals surface area contributed by atoms with Crippen molar-refractivity contribution in [3.63, 3.8) is 0 Å². The Labute approximate surface area is 155 Å². The van der Waals surface area contributed by atoms with Crippen LogP contribution in [-0.2, 0) is 4.74 Å². The maximum atomic E-state index is 11.0. The Hall–Kier alpha value is 0.120. The summed E-state index contributed by atoms with van der Waals surface area (Å²) < 4.78 is 6.91. The van der Waals surface area contributed by atoms with E-state index in [1.165, 1.54) is 19.1 Å². The highest BCUT2D eigenvalue weighted by molar-refractivity contribution is 6.68. The van der Waals surface area contributed by atoms with Gasteiger partial charge in [0.05, 0.1) is 4.92 Å². The first-order chi connectivity index (χ1) is 9.91. The van der Waals surface area contributed by atoms with Gasteiger partial charge in [-0.2, -0.15) is 0 Å². The van der Waals surface area contributed by atoms with Crippen molar-refractivity contribution in [3.05, 3.63) is 33.4 Å². The first kappa shape index (κ1) is 18.5. The molecule has 0 fully saturated rings. The number of ether oxygens (including phenoxy) is 2. The number of hydrogen-bond donors (Lipinski definition) is 0. The fourth-order valence-corrected chi connectivity index (χ4v) is 2.72. The quantitative estimate of drug-likeness (QED) is 0.339. The molecule has 5 nitrogen and oxygen atoms in total. The van der Waals surface area contributed by atoms with E-state index in [0.717, 1.165) is 0 Å². The summed E-state index contributed by atoms with van der Waals surface area (Å²) in [4.78, 5) is 10.5. The zero-order valence-electron chi connectivity index (χ0n) is 10.7. The van der Waals surface area contributed by atoms with Crippen molar-refractivity contribution >= 4 is 75.3 Å². The van der Waals surface area contributed by atoms with Crippen molar-refractivity contribution < 1.29 is 14.4 Å². The van der Waals surface area contributed by atoms with Gasteiger partial charge in [-0.3, -0.25) is 10.1 Å². The van der Waals surface area contributed by atoms with Gasteiger partial charge >= 0.3 is 0 Å². The Bertz CT molecular complexity index is 612. The second-order valence-electron chi connectivity index (χ2n) is 4.48. The molecule has 0 amide bonds. The third-order valence-electron chi connectivity index (χ3n) is 2.87. The number of rotatable bonds is 1. The molecule has 0 spiro atoms. The summed E-state index contributed by atoms with van der Waals surface area (Å²) in [5.74, 6) is 0.182. The van der Waals surface area contributed by atoms with Crippen molar-refractivity contribution in [1.82, 2.24) is 0 Å². The van der Waals surface area contributed by atoms with Crippen molar-refractivity contribution in [1.29, 1.82) is 0 Å². The first-order valence-electron chi connectivity index (χ1n) is 5.65. The number of aryl methyl sites for hydroxylation is 1. The van der Waals surface area contributed by atoms with Crippen LogP contribution in [0.3, 0.4) is 0 Å². The number of fused-ring (bicyclic) bond motifs is 1. The normalized spacial score (nSPS) is 22.0. The number of nitrogens with zero attached hydrogens (tertiary/aromatic N) is 1. The van der Waals surface area contributed by atoms with Gasteiger partial charge in [-0.25, -0.2) is 0 Å².